The third-order valence-electron chi connectivity index (χ3n) is 4.34. The number of aromatic nitrogens is 1. The molecule has 1 aliphatic heterocycles. The summed E-state index contributed by atoms with van der Waals surface area (Å²) in [6.07, 6.45) is 1.91. The molecule has 0 saturated carbocycles. The van der Waals surface area contributed by atoms with Gasteiger partial charge in [-0.05, 0) is 25.7 Å². The van der Waals surface area contributed by atoms with E-state index in [-0.39, 0.29) is 5.91 Å². The van der Waals surface area contributed by atoms with E-state index in [2.05, 4.69) is 36.4 Å². The van der Waals surface area contributed by atoms with Gasteiger partial charge in [-0.25, -0.2) is 4.98 Å². The highest BCUT2D eigenvalue weighted by atomic mass is 32.1. The van der Waals surface area contributed by atoms with Crippen LogP contribution in [0.25, 0.3) is 0 Å². The molecule has 0 spiro atoms. The van der Waals surface area contributed by atoms with Crippen LogP contribution in [0.1, 0.15) is 55.1 Å². The molecule has 1 aromatic heterocycles. The quantitative estimate of drug-likeness (QED) is 0.645. The van der Waals surface area contributed by atoms with Crippen LogP contribution in [-0.2, 0) is 11.3 Å². The SMILES string of the molecule is CN=C(NCc1nc(C(C)C)c(C)s1)NC1CCN(C(C)=O)CC1. The molecule has 0 atom stereocenters. The third kappa shape index (κ3) is 4.93. The summed E-state index contributed by atoms with van der Waals surface area (Å²) in [6, 6.07) is 0.357. The van der Waals surface area contributed by atoms with Crippen molar-refractivity contribution < 1.29 is 4.79 Å². The van der Waals surface area contributed by atoms with E-state index in [9.17, 15) is 4.79 Å². The largest absolute Gasteiger partial charge is 0.354 e. The van der Waals surface area contributed by atoms with E-state index in [4.69, 9.17) is 4.98 Å². The monoisotopic (exact) mass is 351 g/mol. The first kappa shape index (κ1) is 18.7. The van der Waals surface area contributed by atoms with E-state index in [1.54, 1.807) is 25.3 Å². The van der Waals surface area contributed by atoms with E-state index in [1.165, 1.54) is 10.6 Å². The Labute approximate surface area is 148 Å². The molecule has 2 heterocycles. The number of piperidine rings is 1. The number of thiazole rings is 1. The van der Waals surface area contributed by atoms with Crippen LogP contribution in [0, 0.1) is 6.92 Å². The smallest absolute Gasteiger partial charge is 0.219 e. The molecule has 2 rings (SSSR count). The molecule has 134 valence electrons. The lowest BCUT2D eigenvalue weighted by atomic mass is 10.1. The van der Waals surface area contributed by atoms with Gasteiger partial charge in [-0.15, -0.1) is 11.3 Å². The Bertz CT molecular complexity index is 588. The lowest BCUT2D eigenvalue weighted by Crippen LogP contribution is -2.49. The standard InChI is InChI=1S/C17H29N5OS/c1-11(2)16-12(3)24-15(21-16)10-19-17(18-5)20-14-6-8-22(9-7-14)13(4)23/h11,14H,6-10H2,1-5H3,(H2,18,19,20). The fourth-order valence-electron chi connectivity index (χ4n) is 2.96. The predicted octanol–water partition coefficient (Wildman–Crippen LogP) is 2.25. The Hall–Kier alpha value is -1.63. The van der Waals surface area contributed by atoms with E-state index >= 15 is 0 Å². The van der Waals surface area contributed by atoms with Gasteiger partial charge < -0.3 is 15.5 Å². The van der Waals surface area contributed by atoms with Crippen LogP contribution in [0.4, 0.5) is 0 Å². The van der Waals surface area contributed by atoms with E-state index in [0.717, 1.165) is 36.9 Å². The van der Waals surface area contributed by atoms with Gasteiger partial charge in [-0.2, -0.15) is 0 Å². The van der Waals surface area contributed by atoms with Crippen LogP contribution < -0.4 is 10.6 Å². The predicted molar refractivity (Wildman–Crippen MR) is 99.6 cm³/mol. The first-order valence-corrected chi connectivity index (χ1v) is 9.41. The summed E-state index contributed by atoms with van der Waals surface area (Å²) in [6.45, 7) is 10.4. The highest BCUT2D eigenvalue weighted by molar-refractivity contribution is 7.11. The van der Waals surface area contributed by atoms with Gasteiger partial charge in [0.25, 0.3) is 0 Å². The number of nitrogens with zero attached hydrogens (tertiary/aromatic N) is 3. The molecule has 0 radical (unpaired) electrons. The highest BCUT2D eigenvalue weighted by Crippen LogP contribution is 2.23. The number of guanidine groups is 1. The van der Waals surface area contributed by atoms with E-state index < -0.39 is 0 Å². The zero-order valence-corrected chi connectivity index (χ0v) is 16.2. The summed E-state index contributed by atoms with van der Waals surface area (Å²) in [7, 11) is 1.78. The minimum atomic E-state index is 0.163. The molecular weight excluding hydrogens is 322 g/mol. The normalized spacial score (nSPS) is 16.6. The summed E-state index contributed by atoms with van der Waals surface area (Å²) in [5.41, 5.74) is 1.19. The molecule has 24 heavy (non-hydrogen) atoms. The second-order valence-electron chi connectivity index (χ2n) is 6.55. The Morgan fingerprint density at radius 1 is 1.42 bits per heavy atom. The summed E-state index contributed by atoms with van der Waals surface area (Å²) < 4.78 is 0. The van der Waals surface area contributed by atoms with Gasteiger partial charge in [-0.1, -0.05) is 13.8 Å². The minimum absolute atomic E-state index is 0.163. The second-order valence-corrected chi connectivity index (χ2v) is 7.84. The van der Waals surface area contributed by atoms with Crippen LogP contribution in [0.2, 0.25) is 0 Å². The fraction of sp³-hybridized carbons (Fsp3) is 0.706. The van der Waals surface area contributed by atoms with Crippen LogP contribution in [0.3, 0.4) is 0 Å². The van der Waals surface area contributed by atoms with Crippen LogP contribution in [0.15, 0.2) is 4.99 Å². The van der Waals surface area contributed by atoms with E-state index in [0.29, 0.717) is 18.5 Å². The van der Waals surface area contributed by atoms with Crippen molar-refractivity contribution in [2.45, 2.75) is 59.0 Å². The Balaban J connectivity index is 1.83. The molecule has 2 N–H and O–H groups in total. The van der Waals surface area contributed by atoms with Gasteiger partial charge in [0.2, 0.25) is 5.91 Å². The van der Waals surface area contributed by atoms with Crippen molar-refractivity contribution in [3.8, 4) is 0 Å². The molecule has 1 saturated heterocycles. The number of aryl methyl sites for hydroxylation is 1. The van der Waals surface area contributed by atoms with Gasteiger partial charge in [0.05, 0.1) is 12.2 Å². The molecule has 0 aliphatic carbocycles. The zero-order valence-electron chi connectivity index (χ0n) is 15.3. The Kier molecular flexibility index (Phi) is 6.60. The molecular formula is C17H29N5OS. The average molecular weight is 352 g/mol. The topological polar surface area (TPSA) is 69.6 Å². The molecule has 0 bridgehead atoms. The number of likely N-dealkylation sites (tertiary alicyclic amines) is 1. The number of carbonyl (C=O) groups excluding carboxylic acids is 1. The molecule has 1 aliphatic rings. The lowest BCUT2D eigenvalue weighted by Gasteiger charge is -2.32. The number of carbonyl (C=O) groups is 1. The second kappa shape index (κ2) is 8.46. The van der Waals surface area contributed by atoms with Crippen molar-refractivity contribution in [3.63, 3.8) is 0 Å². The number of aliphatic imine (C=N–C) groups is 1. The van der Waals surface area contributed by atoms with Crippen molar-refractivity contribution in [1.82, 2.24) is 20.5 Å². The van der Waals surface area contributed by atoms with Crippen molar-refractivity contribution in [3.05, 3.63) is 15.6 Å². The van der Waals surface area contributed by atoms with Gasteiger partial charge >= 0.3 is 0 Å². The summed E-state index contributed by atoms with van der Waals surface area (Å²) in [5, 5.41) is 7.90. The van der Waals surface area contributed by atoms with Gasteiger partial charge in [0.1, 0.15) is 5.01 Å². The Morgan fingerprint density at radius 3 is 2.58 bits per heavy atom. The van der Waals surface area contributed by atoms with Gasteiger partial charge in [0, 0.05) is 38.0 Å². The minimum Gasteiger partial charge on any atom is -0.354 e. The molecule has 0 aromatic carbocycles. The molecule has 6 nitrogen and oxygen atoms in total. The van der Waals surface area contributed by atoms with Gasteiger partial charge in [-0.3, -0.25) is 9.79 Å². The van der Waals surface area contributed by atoms with Crippen molar-refractivity contribution >= 4 is 23.2 Å². The molecule has 1 amide bonds. The van der Waals surface area contributed by atoms with E-state index in [1.807, 2.05) is 4.90 Å². The highest BCUT2D eigenvalue weighted by Gasteiger charge is 2.21. The zero-order chi connectivity index (χ0) is 17.7. The van der Waals surface area contributed by atoms with Gasteiger partial charge in [0.15, 0.2) is 5.96 Å². The maximum atomic E-state index is 11.4. The number of hydrogen-bond acceptors (Lipinski definition) is 4. The summed E-state index contributed by atoms with van der Waals surface area (Å²) in [4.78, 5) is 23.6. The maximum Gasteiger partial charge on any atom is 0.219 e. The summed E-state index contributed by atoms with van der Waals surface area (Å²) >= 11 is 1.74. The lowest BCUT2D eigenvalue weighted by molar-refractivity contribution is -0.129. The maximum absolute atomic E-state index is 11.4. The molecule has 0 unspecified atom stereocenters. The number of nitrogens with one attached hydrogen (secondary N) is 2. The summed E-state index contributed by atoms with van der Waals surface area (Å²) in [5.74, 6) is 1.42. The Morgan fingerprint density at radius 2 is 2.08 bits per heavy atom. The number of hydrogen-bond donors (Lipinski definition) is 2. The fourth-order valence-corrected chi connectivity index (χ4v) is 3.99. The third-order valence-corrected chi connectivity index (χ3v) is 5.32. The number of amides is 1. The number of rotatable bonds is 4. The van der Waals surface area contributed by atoms with Crippen LogP contribution >= 0.6 is 11.3 Å². The molecule has 1 fully saturated rings. The molecule has 7 heteroatoms. The van der Waals surface area contributed by atoms with Crippen molar-refractivity contribution in [2.75, 3.05) is 20.1 Å². The van der Waals surface area contributed by atoms with Crippen molar-refractivity contribution in [2.24, 2.45) is 4.99 Å². The van der Waals surface area contributed by atoms with Crippen molar-refractivity contribution in [1.29, 1.82) is 0 Å². The van der Waals surface area contributed by atoms with Crippen LogP contribution in [-0.4, -0.2) is 47.9 Å². The first-order chi connectivity index (χ1) is 11.4. The molecule has 1 aromatic rings. The first-order valence-electron chi connectivity index (χ1n) is 8.59. The average Bonchev–Trinajstić information content (AvgIpc) is 2.93. The van der Waals surface area contributed by atoms with Crippen LogP contribution in [0.5, 0.6) is 0 Å².